The van der Waals surface area contributed by atoms with Crippen LogP contribution in [-0.2, 0) is 17.1 Å². The molecule has 1 aromatic carbocycles. The van der Waals surface area contributed by atoms with E-state index < -0.39 is 0 Å². The Morgan fingerprint density at radius 2 is 2.27 bits per heavy atom. The van der Waals surface area contributed by atoms with Gasteiger partial charge in [-0.2, -0.15) is 0 Å². The lowest BCUT2D eigenvalue weighted by Gasteiger charge is -2.20. The lowest BCUT2D eigenvalue weighted by Crippen LogP contribution is -2.13. The molecule has 0 spiro atoms. The number of thiophene rings is 1. The Labute approximate surface area is 134 Å². The molecular formula is C15H11FN2O2S2. The normalized spacial score (nSPS) is 13.9. The highest BCUT2D eigenvalue weighted by Gasteiger charge is 2.17. The van der Waals surface area contributed by atoms with Crippen LogP contribution in [0.1, 0.15) is 11.1 Å². The van der Waals surface area contributed by atoms with E-state index in [1.807, 2.05) is 11.4 Å². The van der Waals surface area contributed by atoms with Crippen LogP contribution in [0.15, 0.2) is 34.9 Å². The Morgan fingerprint density at radius 1 is 1.32 bits per heavy atom. The molecule has 0 N–H and O–H groups in total. The average Bonchev–Trinajstić information content (AvgIpc) is 3.01. The van der Waals surface area contributed by atoms with E-state index in [4.69, 9.17) is 9.47 Å². The lowest BCUT2D eigenvalue weighted by atomic mass is 10.1. The van der Waals surface area contributed by atoms with Crippen LogP contribution in [0.25, 0.3) is 10.2 Å². The van der Waals surface area contributed by atoms with Gasteiger partial charge in [0.25, 0.3) is 0 Å². The van der Waals surface area contributed by atoms with Crippen molar-refractivity contribution in [3.8, 4) is 5.75 Å². The van der Waals surface area contributed by atoms with Crippen molar-refractivity contribution in [1.29, 1.82) is 0 Å². The minimum Gasteiger partial charge on any atom is -0.467 e. The Kier molecular flexibility index (Phi) is 3.69. The fraction of sp³-hybridized carbons (Fsp3) is 0.200. The lowest BCUT2D eigenvalue weighted by molar-refractivity contribution is -0.0171. The van der Waals surface area contributed by atoms with Gasteiger partial charge in [-0.05, 0) is 23.6 Å². The summed E-state index contributed by atoms with van der Waals surface area (Å²) in [5, 5.41) is 2.90. The van der Waals surface area contributed by atoms with E-state index in [-0.39, 0.29) is 12.6 Å². The third-order valence-corrected chi connectivity index (χ3v) is 5.40. The highest BCUT2D eigenvalue weighted by molar-refractivity contribution is 7.98. The van der Waals surface area contributed by atoms with E-state index in [1.165, 1.54) is 12.1 Å². The van der Waals surface area contributed by atoms with Crippen molar-refractivity contribution < 1.29 is 13.9 Å². The van der Waals surface area contributed by atoms with Gasteiger partial charge in [-0.1, -0.05) is 11.8 Å². The minimum atomic E-state index is -0.271. The van der Waals surface area contributed by atoms with E-state index in [0.717, 1.165) is 32.1 Å². The third-order valence-electron chi connectivity index (χ3n) is 3.33. The predicted molar refractivity (Wildman–Crippen MR) is 83.7 cm³/mol. The van der Waals surface area contributed by atoms with Gasteiger partial charge in [0.15, 0.2) is 6.79 Å². The molecule has 0 aliphatic carbocycles. The van der Waals surface area contributed by atoms with Crippen LogP contribution in [0, 0.1) is 5.82 Å². The first-order valence-electron chi connectivity index (χ1n) is 6.64. The molecule has 0 unspecified atom stereocenters. The van der Waals surface area contributed by atoms with Crippen LogP contribution in [0.5, 0.6) is 5.75 Å². The zero-order chi connectivity index (χ0) is 14.9. The molecule has 0 atom stereocenters. The van der Waals surface area contributed by atoms with Gasteiger partial charge in [-0.15, -0.1) is 11.3 Å². The van der Waals surface area contributed by atoms with E-state index in [2.05, 4.69) is 9.97 Å². The molecule has 0 bridgehead atoms. The number of hydrogen-bond acceptors (Lipinski definition) is 6. The maximum atomic E-state index is 13.7. The standard InChI is InChI=1S/C15H11FN2O2S2/c16-11-3-9-5-19-8-20-13(9)10(4-11)6-22-15-14-12(1-2-21-14)17-7-18-15/h1-4,7H,5-6,8H2. The molecule has 22 heavy (non-hydrogen) atoms. The fourth-order valence-corrected chi connectivity index (χ4v) is 4.29. The van der Waals surface area contributed by atoms with Crippen LogP contribution < -0.4 is 4.74 Å². The highest BCUT2D eigenvalue weighted by Crippen LogP contribution is 2.36. The van der Waals surface area contributed by atoms with Crippen molar-refractivity contribution in [3.05, 3.63) is 46.9 Å². The van der Waals surface area contributed by atoms with Crippen molar-refractivity contribution in [2.75, 3.05) is 6.79 Å². The summed E-state index contributed by atoms with van der Waals surface area (Å²) < 4.78 is 25.5. The van der Waals surface area contributed by atoms with Crippen molar-refractivity contribution in [2.24, 2.45) is 0 Å². The number of halogens is 1. The number of ether oxygens (including phenoxy) is 2. The molecule has 1 aliphatic heterocycles. The van der Waals surface area contributed by atoms with Crippen LogP contribution in [0.2, 0.25) is 0 Å². The van der Waals surface area contributed by atoms with Gasteiger partial charge >= 0.3 is 0 Å². The minimum absolute atomic E-state index is 0.207. The van der Waals surface area contributed by atoms with Crippen LogP contribution in [0.3, 0.4) is 0 Å². The first-order valence-corrected chi connectivity index (χ1v) is 8.50. The summed E-state index contributed by atoms with van der Waals surface area (Å²) in [4.78, 5) is 8.56. The smallest absolute Gasteiger partial charge is 0.189 e. The Balaban J connectivity index is 1.64. The molecule has 0 fully saturated rings. The second-order valence-corrected chi connectivity index (χ2v) is 6.65. The zero-order valence-corrected chi connectivity index (χ0v) is 13.0. The predicted octanol–water partition coefficient (Wildman–Crippen LogP) is 3.99. The molecular weight excluding hydrogens is 323 g/mol. The number of nitrogens with zero attached hydrogens (tertiary/aromatic N) is 2. The molecule has 2 aromatic heterocycles. The molecule has 4 rings (SSSR count). The Bertz CT molecular complexity index is 838. The van der Waals surface area contributed by atoms with Crippen molar-refractivity contribution >= 4 is 33.3 Å². The maximum absolute atomic E-state index is 13.7. The quantitative estimate of drug-likeness (QED) is 0.535. The summed E-state index contributed by atoms with van der Waals surface area (Å²) in [6.45, 7) is 0.590. The van der Waals surface area contributed by atoms with Gasteiger partial charge in [-0.3, -0.25) is 0 Å². The Hall–Kier alpha value is -1.70. The van der Waals surface area contributed by atoms with Crippen LogP contribution in [-0.4, -0.2) is 16.8 Å². The van der Waals surface area contributed by atoms with Crippen molar-refractivity contribution in [2.45, 2.75) is 17.4 Å². The van der Waals surface area contributed by atoms with Crippen LogP contribution in [0.4, 0.5) is 4.39 Å². The number of fused-ring (bicyclic) bond motifs is 2. The average molecular weight is 334 g/mol. The molecule has 3 heterocycles. The summed E-state index contributed by atoms with van der Waals surface area (Å²) >= 11 is 3.17. The zero-order valence-electron chi connectivity index (χ0n) is 11.4. The van der Waals surface area contributed by atoms with Crippen molar-refractivity contribution in [1.82, 2.24) is 9.97 Å². The number of rotatable bonds is 3. The molecule has 112 valence electrons. The van der Waals surface area contributed by atoms with Gasteiger partial charge in [0, 0.05) is 16.9 Å². The molecule has 3 aromatic rings. The monoisotopic (exact) mass is 334 g/mol. The summed E-state index contributed by atoms with van der Waals surface area (Å²) in [7, 11) is 0. The van der Waals surface area contributed by atoms with E-state index in [0.29, 0.717) is 12.4 Å². The van der Waals surface area contributed by atoms with Gasteiger partial charge in [0.2, 0.25) is 0 Å². The van der Waals surface area contributed by atoms with Gasteiger partial charge in [-0.25, -0.2) is 14.4 Å². The first-order chi connectivity index (χ1) is 10.8. The fourth-order valence-electron chi connectivity index (χ4n) is 2.38. The molecule has 0 amide bonds. The summed E-state index contributed by atoms with van der Waals surface area (Å²) in [6.07, 6.45) is 1.56. The van der Waals surface area contributed by atoms with Crippen molar-refractivity contribution in [3.63, 3.8) is 0 Å². The number of benzene rings is 1. The summed E-state index contributed by atoms with van der Waals surface area (Å²) in [5.41, 5.74) is 2.52. The summed E-state index contributed by atoms with van der Waals surface area (Å²) in [5.74, 6) is 1.05. The molecule has 1 aliphatic rings. The third kappa shape index (κ3) is 2.55. The molecule has 7 heteroatoms. The first kappa shape index (κ1) is 13.9. The number of hydrogen-bond donors (Lipinski definition) is 0. The molecule has 0 saturated carbocycles. The van der Waals surface area contributed by atoms with Crippen LogP contribution >= 0.6 is 23.1 Å². The largest absolute Gasteiger partial charge is 0.467 e. The molecule has 4 nitrogen and oxygen atoms in total. The second kappa shape index (κ2) is 5.83. The van der Waals surface area contributed by atoms with Gasteiger partial charge in [0.05, 0.1) is 16.8 Å². The van der Waals surface area contributed by atoms with E-state index >= 15 is 0 Å². The second-order valence-electron chi connectivity index (χ2n) is 4.77. The number of aromatic nitrogens is 2. The van der Waals surface area contributed by atoms with Gasteiger partial charge < -0.3 is 9.47 Å². The molecule has 0 radical (unpaired) electrons. The maximum Gasteiger partial charge on any atom is 0.189 e. The Morgan fingerprint density at radius 3 is 3.23 bits per heavy atom. The topological polar surface area (TPSA) is 44.2 Å². The number of thioether (sulfide) groups is 1. The summed E-state index contributed by atoms with van der Waals surface area (Å²) in [6, 6.07) is 4.95. The highest BCUT2D eigenvalue weighted by atomic mass is 32.2. The van der Waals surface area contributed by atoms with E-state index in [1.54, 1.807) is 29.4 Å². The SMILES string of the molecule is Fc1cc2c(c(CSc3ncnc4ccsc34)c1)OCOC2. The molecule has 0 saturated heterocycles. The van der Waals surface area contributed by atoms with E-state index in [9.17, 15) is 4.39 Å². The van der Waals surface area contributed by atoms with Gasteiger partial charge in [0.1, 0.15) is 22.9 Å².